The molecule has 126 valence electrons. The molecule has 3 rings (SSSR count). The van der Waals surface area contributed by atoms with E-state index in [0.717, 1.165) is 19.6 Å². The van der Waals surface area contributed by atoms with Crippen LogP contribution < -0.4 is 4.90 Å². The lowest BCUT2D eigenvalue weighted by molar-refractivity contribution is -0.112. The fraction of sp³-hybridized carbons (Fsp3) is 0.200. The second-order valence-corrected chi connectivity index (χ2v) is 6.39. The third-order valence-corrected chi connectivity index (χ3v) is 4.72. The van der Waals surface area contributed by atoms with Gasteiger partial charge in [-0.2, -0.15) is 5.10 Å². The fourth-order valence-corrected chi connectivity index (χ4v) is 3.11. The van der Waals surface area contributed by atoms with E-state index in [1.807, 2.05) is 18.9 Å². The van der Waals surface area contributed by atoms with Crippen LogP contribution in [0.1, 0.15) is 26.2 Å². The van der Waals surface area contributed by atoms with Crippen LogP contribution in [0.2, 0.25) is 0 Å². The molecule has 0 N–H and O–H groups in total. The Kier molecular flexibility index (Phi) is 2.99. The van der Waals surface area contributed by atoms with Crippen molar-refractivity contribution in [1.29, 1.82) is 0 Å². The standard InChI is InChI=1S/C20H18BrN3O/c1-5-8-19(25)24(18-12-13(2)16(21)11-14(18)3)20-15-9-6-7-10-17(15)23(4)22-20/h6-7,9-12H,1-4H3/i1D3,4D3. The monoisotopic (exact) mass is 401 g/mol. The Hall–Kier alpha value is -2.58. The molecule has 25 heavy (non-hydrogen) atoms. The summed E-state index contributed by atoms with van der Waals surface area (Å²) >= 11 is 3.45. The number of halogens is 1. The van der Waals surface area contributed by atoms with Gasteiger partial charge in [-0.3, -0.25) is 14.4 Å². The third kappa shape index (κ3) is 3.06. The fourth-order valence-electron chi connectivity index (χ4n) is 2.65. The van der Waals surface area contributed by atoms with E-state index < -0.39 is 19.7 Å². The van der Waals surface area contributed by atoms with Crippen molar-refractivity contribution in [1.82, 2.24) is 9.78 Å². The summed E-state index contributed by atoms with van der Waals surface area (Å²) in [6, 6.07) is 10.2. The van der Waals surface area contributed by atoms with Gasteiger partial charge in [-0.05, 0) is 62.0 Å². The number of hydrogen-bond acceptors (Lipinski definition) is 2. The first-order chi connectivity index (χ1) is 14.3. The Morgan fingerprint density at radius 1 is 1.28 bits per heavy atom. The minimum Gasteiger partial charge on any atom is -0.266 e. The van der Waals surface area contributed by atoms with Crippen LogP contribution in [0.25, 0.3) is 10.9 Å². The van der Waals surface area contributed by atoms with Gasteiger partial charge >= 0.3 is 5.91 Å². The van der Waals surface area contributed by atoms with Crippen molar-refractivity contribution < 1.29 is 13.0 Å². The topological polar surface area (TPSA) is 38.1 Å². The molecule has 5 heteroatoms. The number of nitrogens with zero attached hydrogens (tertiary/aromatic N) is 3. The van der Waals surface area contributed by atoms with E-state index in [1.54, 1.807) is 37.3 Å². The Bertz CT molecular complexity index is 1230. The normalized spacial score (nSPS) is 15.0. The maximum atomic E-state index is 13.1. The lowest BCUT2D eigenvalue weighted by atomic mass is 10.1. The first-order valence-corrected chi connectivity index (χ1v) is 8.21. The van der Waals surface area contributed by atoms with Gasteiger partial charge in [-0.15, -0.1) is 0 Å². The summed E-state index contributed by atoms with van der Waals surface area (Å²) in [4.78, 5) is 14.3. The zero-order chi connectivity index (χ0) is 23.1. The van der Waals surface area contributed by atoms with Crippen LogP contribution in [0.5, 0.6) is 0 Å². The minimum atomic E-state index is -2.62. The van der Waals surface area contributed by atoms with Crippen molar-refractivity contribution >= 4 is 44.2 Å². The van der Waals surface area contributed by atoms with Crippen LogP contribution in [-0.2, 0) is 11.8 Å². The summed E-state index contributed by atoms with van der Waals surface area (Å²) in [5.74, 6) is 3.37. The smallest absolute Gasteiger partial charge is 0.266 e. The maximum absolute atomic E-state index is 13.1. The van der Waals surface area contributed by atoms with Crippen molar-refractivity contribution in [3.8, 4) is 11.8 Å². The Morgan fingerprint density at radius 2 is 2.08 bits per heavy atom. The predicted molar refractivity (Wildman–Crippen MR) is 105 cm³/mol. The number of hydrogen-bond donors (Lipinski definition) is 0. The van der Waals surface area contributed by atoms with Crippen LogP contribution in [-0.4, -0.2) is 15.7 Å². The second kappa shape index (κ2) is 6.73. The summed E-state index contributed by atoms with van der Waals surface area (Å²) in [5.41, 5.74) is 2.24. The number of anilines is 2. The molecule has 4 nitrogen and oxygen atoms in total. The molecule has 0 atom stereocenters. The number of carbonyl (C=O) groups is 1. The summed E-state index contributed by atoms with van der Waals surface area (Å²) in [7, 11) is 0. The summed E-state index contributed by atoms with van der Waals surface area (Å²) in [6.07, 6.45) is 0. The van der Waals surface area contributed by atoms with Crippen molar-refractivity contribution in [2.24, 2.45) is 6.98 Å². The summed E-state index contributed by atoms with van der Waals surface area (Å²) in [6.45, 7) is -1.59. The van der Waals surface area contributed by atoms with Crippen LogP contribution in [0.4, 0.5) is 11.5 Å². The van der Waals surface area contributed by atoms with Gasteiger partial charge in [0.05, 0.1) is 11.2 Å². The molecule has 0 saturated carbocycles. The predicted octanol–water partition coefficient (Wildman–Crippen LogP) is 4.64. The zero-order valence-corrected chi connectivity index (χ0v) is 15.2. The average molecular weight is 402 g/mol. The molecule has 0 spiro atoms. The van der Waals surface area contributed by atoms with Gasteiger partial charge < -0.3 is 0 Å². The van der Waals surface area contributed by atoms with E-state index in [0.29, 0.717) is 22.2 Å². The highest BCUT2D eigenvalue weighted by molar-refractivity contribution is 9.10. The molecule has 2 aromatic carbocycles. The Labute approximate surface area is 164 Å². The number of para-hydroxylation sites is 1. The molecule has 0 saturated heterocycles. The minimum absolute atomic E-state index is 0.0568. The van der Waals surface area contributed by atoms with Crippen LogP contribution >= 0.6 is 15.9 Å². The van der Waals surface area contributed by atoms with Gasteiger partial charge in [-0.1, -0.05) is 34.0 Å². The molecule has 0 aliphatic heterocycles. The number of fused-ring (bicyclic) bond motifs is 1. The number of aromatic nitrogens is 2. The van der Waals surface area contributed by atoms with E-state index in [9.17, 15) is 4.79 Å². The average Bonchev–Trinajstić information content (AvgIpc) is 3.04. The first-order valence-electron chi connectivity index (χ1n) is 10.4. The highest BCUT2D eigenvalue weighted by Gasteiger charge is 2.24. The van der Waals surface area contributed by atoms with E-state index in [1.165, 1.54) is 0 Å². The van der Waals surface area contributed by atoms with Crippen molar-refractivity contribution in [3.05, 3.63) is 52.0 Å². The van der Waals surface area contributed by atoms with Crippen molar-refractivity contribution in [2.45, 2.75) is 20.7 Å². The lowest BCUT2D eigenvalue weighted by Crippen LogP contribution is -2.26. The number of carbonyl (C=O) groups excluding carboxylic acids is 1. The molecule has 0 aliphatic rings. The Balaban J connectivity index is 2.34. The molecule has 1 heterocycles. The molecule has 1 aromatic heterocycles. The van der Waals surface area contributed by atoms with Gasteiger partial charge in [0, 0.05) is 25.1 Å². The summed E-state index contributed by atoms with van der Waals surface area (Å²) in [5, 5.41) is 4.65. The number of benzene rings is 2. The molecule has 0 bridgehead atoms. The molecule has 0 aliphatic carbocycles. The zero-order valence-electron chi connectivity index (χ0n) is 19.6. The summed E-state index contributed by atoms with van der Waals surface area (Å²) < 4.78 is 47.0. The number of amides is 1. The van der Waals surface area contributed by atoms with E-state index >= 15 is 0 Å². The molecular formula is C20H18BrN3O. The van der Waals surface area contributed by atoms with E-state index in [-0.39, 0.29) is 5.82 Å². The molecule has 1 amide bonds. The molecule has 0 unspecified atom stereocenters. The van der Waals surface area contributed by atoms with Crippen molar-refractivity contribution in [2.75, 3.05) is 4.90 Å². The molecule has 3 aromatic rings. The van der Waals surface area contributed by atoms with Gasteiger partial charge in [0.1, 0.15) is 0 Å². The first kappa shape index (κ1) is 11.1. The number of rotatable bonds is 2. The largest absolute Gasteiger partial charge is 0.308 e. The Morgan fingerprint density at radius 3 is 2.84 bits per heavy atom. The molecule has 0 fully saturated rings. The van der Waals surface area contributed by atoms with E-state index in [2.05, 4.69) is 26.9 Å². The molecule has 0 radical (unpaired) electrons. The van der Waals surface area contributed by atoms with Gasteiger partial charge in [0.25, 0.3) is 0 Å². The highest BCUT2D eigenvalue weighted by atomic mass is 79.9. The maximum Gasteiger partial charge on any atom is 0.308 e. The SMILES string of the molecule is [2H]C([2H])([2H])C#CC(=O)N(c1cc(C)c(Br)cc1C)c1nn(C([2H])([2H])[2H])c2ccccc12. The third-order valence-electron chi connectivity index (χ3n) is 3.87. The van der Waals surface area contributed by atoms with Crippen LogP contribution in [0.15, 0.2) is 40.9 Å². The van der Waals surface area contributed by atoms with Gasteiger partial charge in [0.15, 0.2) is 5.82 Å². The number of aryl methyl sites for hydroxylation is 3. The highest BCUT2D eigenvalue weighted by Crippen LogP contribution is 2.35. The van der Waals surface area contributed by atoms with E-state index in [4.69, 9.17) is 8.22 Å². The van der Waals surface area contributed by atoms with Crippen LogP contribution in [0, 0.1) is 25.7 Å². The lowest BCUT2D eigenvalue weighted by Gasteiger charge is -2.21. The second-order valence-electron chi connectivity index (χ2n) is 5.53. The quantitative estimate of drug-likeness (QED) is 0.586. The van der Waals surface area contributed by atoms with Gasteiger partial charge in [-0.25, -0.2) is 0 Å². The van der Waals surface area contributed by atoms with Crippen LogP contribution in [0.3, 0.4) is 0 Å². The molecular weight excluding hydrogens is 378 g/mol. The van der Waals surface area contributed by atoms with Crippen molar-refractivity contribution in [3.63, 3.8) is 0 Å². The van der Waals surface area contributed by atoms with Gasteiger partial charge in [0.2, 0.25) is 0 Å².